The van der Waals surface area contributed by atoms with E-state index in [0.29, 0.717) is 37.5 Å². The van der Waals surface area contributed by atoms with E-state index in [9.17, 15) is 13.2 Å². The lowest BCUT2D eigenvalue weighted by molar-refractivity contribution is 0.0766. The van der Waals surface area contributed by atoms with Crippen LogP contribution >= 0.6 is 0 Å². The van der Waals surface area contributed by atoms with Crippen LogP contribution in [0.1, 0.15) is 33.5 Å². The Kier molecular flexibility index (Phi) is 5.07. The van der Waals surface area contributed by atoms with Gasteiger partial charge in [0.05, 0.1) is 4.90 Å². The largest absolute Gasteiger partial charge is 0.337 e. The summed E-state index contributed by atoms with van der Waals surface area (Å²) in [6, 6.07) is 17.2. The summed E-state index contributed by atoms with van der Waals surface area (Å²) < 4.78 is 27.7. The highest BCUT2D eigenvalue weighted by atomic mass is 32.2. The molecule has 0 spiro atoms. The molecule has 0 radical (unpaired) electrons. The highest BCUT2D eigenvalue weighted by Gasteiger charge is 2.29. The lowest BCUT2D eigenvalue weighted by atomic mass is 9.99. The molecule has 6 heteroatoms. The van der Waals surface area contributed by atoms with Crippen molar-refractivity contribution in [2.75, 3.05) is 26.2 Å². The average molecular weight is 435 g/mol. The zero-order valence-corrected chi connectivity index (χ0v) is 18.5. The number of sulfonamides is 1. The van der Waals surface area contributed by atoms with Gasteiger partial charge < -0.3 is 4.90 Å². The lowest BCUT2D eigenvalue weighted by Crippen LogP contribution is -2.37. The van der Waals surface area contributed by atoms with Crippen molar-refractivity contribution in [1.29, 1.82) is 0 Å². The van der Waals surface area contributed by atoms with Gasteiger partial charge in [-0.25, -0.2) is 8.42 Å². The van der Waals surface area contributed by atoms with Gasteiger partial charge >= 0.3 is 0 Å². The van der Waals surface area contributed by atoms with E-state index in [4.69, 9.17) is 0 Å². The number of amides is 1. The quantitative estimate of drug-likeness (QED) is 0.630. The zero-order chi connectivity index (χ0) is 21.6. The van der Waals surface area contributed by atoms with E-state index in [1.807, 2.05) is 42.2 Å². The molecule has 1 saturated heterocycles. The van der Waals surface area contributed by atoms with Crippen molar-refractivity contribution in [3.8, 4) is 0 Å². The zero-order valence-electron chi connectivity index (χ0n) is 17.7. The maximum absolute atomic E-state index is 13.4. The fourth-order valence-corrected chi connectivity index (χ4v) is 6.27. The minimum absolute atomic E-state index is 0.00909. The molecule has 5 nitrogen and oxygen atoms in total. The second-order valence-corrected chi connectivity index (χ2v) is 10.4. The van der Waals surface area contributed by atoms with Crippen LogP contribution in [0.25, 0.3) is 10.8 Å². The third-order valence-electron chi connectivity index (χ3n) is 6.51. The second-order valence-electron chi connectivity index (χ2n) is 8.47. The summed E-state index contributed by atoms with van der Waals surface area (Å²) in [4.78, 5) is 15.6. The highest BCUT2D eigenvalue weighted by molar-refractivity contribution is 7.89. The monoisotopic (exact) mass is 434 g/mol. The number of carbonyl (C=O) groups excluding carboxylic acids is 1. The molecule has 3 aromatic rings. The van der Waals surface area contributed by atoms with Crippen LogP contribution in [-0.4, -0.2) is 49.7 Å². The molecular weight excluding hydrogens is 408 g/mol. The predicted molar refractivity (Wildman–Crippen MR) is 122 cm³/mol. The van der Waals surface area contributed by atoms with Crippen LogP contribution in [0.15, 0.2) is 59.5 Å². The highest BCUT2D eigenvalue weighted by Crippen LogP contribution is 2.33. The van der Waals surface area contributed by atoms with E-state index >= 15 is 0 Å². The SMILES string of the molecule is Cc1ccc(S(=O)(=O)N2CCCN(C(=O)c3ccc4c5c(cccc35)CC4)CC2)cc1. The Morgan fingerprint density at radius 2 is 1.58 bits per heavy atom. The summed E-state index contributed by atoms with van der Waals surface area (Å²) in [5.41, 5.74) is 4.37. The molecule has 31 heavy (non-hydrogen) atoms. The molecule has 0 aromatic heterocycles. The lowest BCUT2D eigenvalue weighted by Gasteiger charge is -2.23. The van der Waals surface area contributed by atoms with Crippen LogP contribution in [0.5, 0.6) is 0 Å². The van der Waals surface area contributed by atoms with Gasteiger partial charge in [-0.1, -0.05) is 42.0 Å². The number of benzene rings is 3. The molecule has 160 valence electrons. The smallest absolute Gasteiger partial charge is 0.254 e. The van der Waals surface area contributed by atoms with Gasteiger partial charge in [-0.15, -0.1) is 0 Å². The molecule has 0 atom stereocenters. The van der Waals surface area contributed by atoms with Gasteiger partial charge in [0, 0.05) is 31.7 Å². The minimum Gasteiger partial charge on any atom is -0.337 e. The summed E-state index contributed by atoms with van der Waals surface area (Å²) in [6.07, 6.45) is 2.68. The predicted octanol–water partition coefficient (Wildman–Crippen LogP) is 3.78. The van der Waals surface area contributed by atoms with Gasteiger partial charge in [0.2, 0.25) is 10.0 Å². The number of nitrogens with zero attached hydrogens (tertiary/aromatic N) is 2. The molecule has 0 N–H and O–H groups in total. The van der Waals surface area contributed by atoms with E-state index in [1.54, 1.807) is 12.1 Å². The fourth-order valence-electron chi connectivity index (χ4n) is 4.80. The first kappa shape index (κ1) is 20.2. The molecule has 0 unspecified atom stereocenters. The van der Waals surface area contributed by atoms with E-state index in [0.717, 1.165) is 29.4 Å². The van der Waals surface area contributed by atoms with Gasteiger partial charge in [0.15, 0.2) is 0 Å². The van der Waals surface area contributed by atoms with Crippen molar-refractivity contribution in [2.45, 2.75) is 31.1 Å². The molecule has 0 bridgehead atoms. The number of carbonyl (C=O) groups is 1. The van der Waals surface area contributed by atoms with Crippen molar-refractivity contribution in [2.24, 2.45) is 0 Å². The number of aryl methyl sites for hydroxylation is 3. The van der Waals surface area contributed by atoms with Gasteiger partial charge in [0.1, 0.15) is 0 Å². The van der Waals surface area contributed by atoms with Crippen LogP contribution < -0.4 is 0 Å². The van der Waals surface area contributed by atoms with E-state index in [-0.39, 0.29) is 5.91 Å². The first-order valence-electron chi connectivity index (χ1n) is 10.8. The van der Waals surface area contributed by atoms with Crippen molar-refractivity contribution in [3.63, 3.8) is 0 Å². The van der Waals surface area contributed by atoms with E-state index < -0.39 is 10.0 Å². The molecular formula is C25H26N2O3S. The summed E-state index contributed by atoms with van der Waals surface area (Å²) in [5.74, 6) is -0.00909. The molecule has 1 heterocycles. The van der Waals surface area contributed by atoms with Crippen LogP contribution in [-0.2, 0) is 22.9 Å². The van der Waals surface area contributed by atoms with Gasteiger partial charge in [-0.2, -0.15) is 4.31 Å². The Hall–Kier alpha value is -2.70. The Bertz CT molecular complexity index is 1260. The van der Waals surface area contributed by atoms with E-state index in [1.165, 1.54) is 20.8 Å². The van der Waals surface area contributed by atoms with Gasteiger partial charge in [-0.05, 0) is 66.3 Å². The maximum atomic E-state index is 13.4. The van der Waals surface area contributed by atoms with Crippen LogP contribution in [0.4, 0.5) is 0 Å². The van der Waals surface area contributed by atoms with Crippen LogP contribution in [0.2, 0.25) is 0 Å². The third-order valence-corrected chi connectivity index (χ3v) is 8.42. The number of hydrogen-bond donors (Lipinski definition) is 0. The Morgan fingerprint density at radius 1 is 0.839 bits per heavy atom. The number of hydrogen-bond acceptors (Lipinski definition) is 3. The van der Waals surface area contributed by atoms with E-state index in [2.05, 4.69) is 12.1 Å². The Labute approximate surface area is 183 Å². The molecule has 1 amide bonds. The molecule has 5 rings (SSSR count). The summed E-state index contributed by atoms with van der Waals surface area (Å²) >= 11 is 0. The van der Waals surface area contributed by atoms with Gasteiger partial charge in [-0.3, -0.25) is 4.79 Å². The maximum Gasteiger partial charge on any atom is 0.254 e. The third kappa shape index (κ3) is 3.54. The summed E-state index contributed by atoms with van der Waals surface area (Å²) in [6.45, 7) is 3.62. The molecule has 2 aliphatic rings. The van der Waals surface area contributed by atoms with Gasteiger partial charge in [0.25, 0.3) is 5.91 Å². The fraction of sp³-hybridized carbons (Fsp3) is 0.320. The topological polar surface area (TPSA) is 57.7 Å². The normalized spacial score (nSPS) is 17.1. The minimum atomic E-state index is -3.56. The van der Waals surface area contributed by atoms with Crippen LogP contribution in [0.3, 0.4) is 0 Å². The Morgan fingerprint density at radius 3 is 2.35 bits per heavy atom. The summed E-state index contributed by atoms with van der Waals surface area (Å²) in [5, 5.41) is 2.25. The molecule has 0 saturated carbocycles. The first-order valence-corrected chi connectivity index (χ1v) is 12.3. The standard InChI is InChI=1S/C25H26N2O3S/c1-18-6-11-21(12-7-18)31(29,30)27-15-3-14-26(16-17-27)25(28)23-13-10-20-9-8-19-4-2-5-22(23)24(19)20/h2,4-7,10-13H,3,8-9,14-17H2,1H3. The van der Waals surface area contributed by atoms with Crippen molar-refractivity contribution >= 4 is 26.7 Å². The van der Waals surface area contributed by atoms with Crippen molar-refractivity contribution < 1.29 is 13.2 Å². The first-order chi connectivity index (χ1) is 14.9. The van der Waals surface area contributed by atoms with Crippen LogP contribution in [0, 0.1) is 6.92 Å². The summed E-state index contributed by atoms with van der Waals surface area (Å²) in [7, 11) is -3.56. The molecule has 3 aromatic carbocycles. The van der Waals surface area contributed by atoms with Crippen molar-refractivity contribution in [1.82, 2.24) is 9.21 Å². The molecule has 1 aliphatic heterocycles. The second kappa shape index (κ2) is 7.77. The average Bonchev–Trinajstić information content (AvgIpc) is 3.03. The number of rotatable bonds is 3. The molecule has 1 fully saturated rings. The molecule has 1 aliphatic carbocycles. The van der Waals surface area contributed by atoms with Crippen molar-refractivity contribution in [3.05, 3.63) is 76.9 Å². The Balaban J connectivity index is 1.39.